The van der Waals surface area contributed by atoms with E-state index >= 15 is 0 Å². The molecule has 1 heterocycles. The predicted octanol–water partition coefficient (Wildman–Crippen LogP) is 3.64. The highest BCUT2D eigenvalue weighted by Crippen LogP contribution is 2.19. The first-order valence-electron chi connectivity index (χ1n) is 9.21. The number of hydrogen-bond acceptors (Lipinski definition) is 4. The quantitative estimate of drug-likeness (QED) is 0.822. The molecular weight excluding hydrogens is 362 g/mol. The lowest BCUT2D eigenvalue weighted by Gasteiger charge is -2.29. The van der Waals surface area contributed by atoms with Gasteiger partial charge in [-0.2, -0.15) is 0 Å². The molecule has 0 aliphatic carbocycles. The average Bonchev–Trinajstić information content (AvgIpc) is 2.70. The summed E-state index contributed by atoms with van der Waals surface area (Å²) in [7, 11) is 1.94. The molecule has 6 heteroatoms. The fourth-order valence-corrected chi connectivity index (χ4v) is 3.16. The number of amides is 1. The van der Waals surface area contributed by atoms with Crippen molar-refractivity contribution in [3.8, 4) is 0 Å². The molecule has 1 atom stereocenters. The van der Waals surface area contributed by atoms with Gasteiger partial charge in [-0.05, 0) is 55.9 Å². The van der Waals surface area contributed by atoms with Crippen LogP contribution in [0.4, 0.5) is 11.4 Å². The first kappa shape index (κ1) is 19.7. The Morgan fingerprint density at radius 1 is 1.15 bits per heavy atom. The number of benzene rings is 2. The van der Waals surface area contributed by atoms with Crippen LogP contribution in [0, 0.1) is 0 Å². The van der Waals surface area contributed by atoms with Crippen LogP contribution in [0.5, 0.6) is 0 Å². The Labute approximate surface area is 165 Å². The van der Waals surface area contributed by atoms with Gasteiger partial charge in [0.2, 0.25) is 5.91 Å². The lowest BCUT2D eigenvalue weighted by atomic mass is 10.2. The maximum absolute atomic E-state index is 12.6. The minimum Gasteiger partial charge on any atom is -0.378 e. The Bertz CT molecular complexity index is 743. The van der Waals surface area contributed by atoms with Crippen molar-refractivity contribution >= 4 is 28.9 Å². The first-order chi connectivity index (χ1) is 13.0. The monoisotopic (exact) mass is 387 g/mol. The highest BCUT2D eigenvalue weighted by Gasteiger charge is 2.18. The summed E-state index contributed by atoms with van der Waals surface area (Å²) in [5, 5.41) is 3.72. The van der Waals surface area contributed by atoms with E-state index in [1.54, 1.807) is 0 Å². The van der Waals surface area contributed by atoms with Gasteiger partial charge in [-0.25, -0.2) is 0 Å². The molecule has 0 spiro atoms. The summed E-state index contributed by atoms with van der Waals surface area (Å²) in [4.78, 5) is 16.9. The molecule has 1 amide bonds. The van der Waals surface area contributed by atoms with Crippen LogP contribution in [-0.4, -0.2) is 50.2 Å². The third-order valence-electron chi connectivity index (χ3n) is 4.90. The van der Waals surface area contributed by atoms with E-state index in [9.17, 15) is 4.79 Å². The van der Waals surface area contributed by atoms with Gasteiger partial charge in [0.15, 0.2) is 0 Å². The minimum absolute atomic E-state index is 0.0226. The first-order valence-corrected chi connectivity index (χ1v) is 9.59. The molecule has 2 aromatic carbocycles. The van der Waals surface area contributed by atoms with Crippen LogP contribution in [0.15, 0.2) is 48.5 Å². The summed E-state index contributed by atoms with van der Waals surface area (Å²) in [6, 6.07) is 15.4. The van der Waals surface area contributed by atoms with Crippen molar-refractivity contribution in [1.82, 2.24) is 4.90 Å². The van der Waals surface area contributed by atoms with Gasteiger partial charge >= 0.3 is 0 Å². The molecule has 1 aliphatic rings. The Balaban J connectivity index is 1.54. The molecule has 1 N–H and O–H groups in total. The van der Waals surface area contributed by atoms with Crippen LogP contribution < -0.4 is 10.2 Å². The maximum Gasteiger partial charge on any atom is 0.241 e. The fraction of sp³-hybridized carbons (Fsp3) is 0.381. The van der Waals surface area contributed by atoms with Gasteiger partial charge in [0, 0.05) is 36.0 Å². The molecule has 1 fully saturated rings. The molecule has 3 rings (SSSR count). The summed E-state index contributed by atoms with van der Waals surface area (Å²) in [5.74, 6) is -0.0226. The topological polar surface area (TPSA) is 44.8 Å². The second kappa shape index (κ2) is 9.22. The van der Waals surface area contributed by atoms with Crippen LogP contribution in [0.1, 0.15) is 12.5 Å². The van der Waals surface area contributed by atoms with E-state index < -0.39 is 0 Å². The average molecular weight is 388 g/mol. The van der Waals surface area contributed by atoms with Crippen molar-refractivity contribution in [1.29, 1.82) is 0 Å². The number of halogens is 1. The van der Waals surface area contributed by atoms with E-state index in [0.29, 0.717) is 11.6 Å². The van der Waals surface area contributed by atoms with Crippen molar-refractivity contribution in [3.63, 3.8) is 0 Å². The second-order valence-electron chi connectivity index (χ2n) is 6.85. The number of hydrogen-bond donors (Lipinski definition) is 1. The molecule has 2 aromatic rings. The highest BCUT2D eigenvalue weighted by atomic mass is 35.5. The molecular formula is C21H26ClN3O2. The second-order valence-corrected chi connectivity index (χ2v) is 7.29. The van der Waals surface area contributed by atoms with Gasteiger partial charge in [-0.15, -0.1) is 0 Å². The Kier molecular flexibility index (Phi) is 6.72. The maximum atomic E-state index is 12.6. The number of anilines is 2. The van der Waals surface area contributed by atoms with E-state index in [1.807, 2.05) is 67.4 Å². The number of nitrogens with zero attached hydrogens (tertiary/aromatic N) is 2. The normalized spacial score (nSPS) is 15.6. The van der Waals surface area contributed by atoms with E-state index in [-0.39, 0.29) is 11.9 Å². The molecule has 27 heavy (non-hydrogen) atoms. The smallest absolute Gasteiger partial charge is 0.241 e. The molecule has 0 bridgehead atoms. The third-order valence-corrected chi connectivity index (χ3v) is 5.15. The van der Waals surface area contributed by atoms with Gasteiger partial charge in [0.05, 0.1) is 19.3 Å². The molecule has 0 radical (unpaired) electrons. The van der Waals surface area contributed by atoms with Crippen LogP contribution in [0.2, 0.25) is 5.02 Å². The summed E-state index contributed by atoms with van der Waals surface area (Å²) in [6.45, 7) is 5.91. The zero-order valence-electron chi connectivity index (χ0n) is 15.8. The number of carbonyl (C=O) groups is 1. The SMILES string of the molecule is C[C@H](C(=O)Nc1ccc(N2CCOCC2)cc1)N(C)Cc1ccc(Cl)cc1. The van der Waals surface area contributed by atoms with Crippen molar-refractivity contribution < 1.29 is 9.53 Å². The van der Waals surface area contributed by atoms with Crippen LogP contribution >= 0.6 is 11.6 Å². The van der Waals surface area contributed by atoms with Crippen LogP contribution in [-0.2, 0) is 16.1 Å². The summed E-state index contributed by atoms with van der Waals surface area (Å²) in [6.07, 6.45) is 0. The number of nitrogens with one attached hydrogen (secondary N) is 1. The molecule has 5 nitrogen and oxygen atoms in total. The van der Waals surface area contributed by atoms with Crippen LogP contribution in [0.3, 0.4) is 0 Å². The van der Waals surface area contributed by atoms with Gasteiger partial charge in [0.1, 0.15) is 0 Å². The van der Waals surface area contributed by atoms with Gasteiger partial charge < -0.3 is 15.0 Å². The van der Waals surface area contributed by atoms with Crippen molar-refractivity contribution in [2.75, 3.05) is 43.6 Å². The van der Waals surface area contributed by atoms with E-state index in [1.165, 1.54) is 0 Å². The number of ether oxygens (including phenoxy) is 1. The third kappa shape index (κ3) is 5.45. The molecule has 0 unspecified atom stereocenters. The lowest BCUT2D eigenvalue weighted by molar-refractivity contribution is -0.120. The van der Waals surface area contributed by atoms with Gasteiger partial charge in [0.25, 0.3) is 0 Å². The van der Waals surface area contributed by atoms with Crippen molar-refractivity contribution in [2.24, 2.45) is 0 Å². The molecule has 1 saturated heterocycles. The zero-order valence-corrected chi connectivity index (χ0v) is 16.6. The number of morpholine rings is 1. The summed E-state index contributed by atoms with van der Waals surface area (Å²) >= 11 is 5.93. The minimum atomic E-state index is -0.250. The Morgan fingerprint density at radius 3 is 2.41 bits per heavy atom. The highest BCUT2D eigenvalue weighted by molar-refractivity contribution is 6.30. The number of likely N-dealkylation sites (N-methyl/N-ethyl adjacent to an activating group) is 1. The molecule has 0 saturated carbocycles. The molecule has 0 aromatic heterocycles. The van der Waals surface area contributed by atoms with E-state index in [0.717, 1.165) is 43.2 Å². The predicted molar refractivity (Wildman–Crippen MR) is 110 cm³/mol. The van der Waals surface area contributed by atoms with Gasteiger partial charge in [-0.3, -0.25) is 9.69 Å². The largest absolute Gasteiger partial charge is 0.378 e. The Morgan fingerprint density at radius 2 is 1.78 bits per heavy atom. The van der Waals surface area contributed by atoms with E-state index in [2.05, 4.69) is 10.2 Å². The van der Waals surface area contributed by atoms with Gasteiger partial charge in [-0.1, -0.05) is 23.7 Å². The van der Waals surface area contributed by atoms with E-state index in [4.69, 9.17) is 16.3 Å². The summed E-state index contributed by atoms with van der Waals surface area (Å²) < 4.78 is 5.38. The number of rotatable bonds is 6. The number of carbonyl (C=O) groups excluding carboxylic acids is 1. The summed E-state index contributed by atoms with van der Waals surface area (Å²) in [5.41, 5.74) is 3.09. The fourth-order valence-electron chi connectivity index (χ4n) is 3.04. The van der Waals surface area contributed by atoms with Crippen molar-refractivity contribution in [3.05, 3.63) is 59.1 Å². The standard InChI is InChI=1S/C21H26ClN3O2/c1-16(24(2)15-17-3-5-18(22)6-4-17)21(26)23-19-7-9-20(10-8-19)25-11-13-27-14-12-25/h3-10,16H,11-15H2,1-2H3,(H,23,26)/t16-/m1/s1. The van der Waals surface area contributed by atoms with Crippen LogP contribution in [0.25, 0.3) is 0 Å². The lowest BCUT2D eigenvalue weighted by Crippen LogP contribution is -2.39. The Hall–Kier alpha value is -2.08. The molecule has 144 valence electrons. The van der Waals surface area contributed by atoms with Crippen molar-refractivity contribution in [2.45, 2.75) is 19.5 Å². The molecule has 1 aliphatic heterocycles. The zero-order chi connectivity index (χ0) is 19.2.